The van der Waals surface area contributed by atoms with E-state index in [2.05, 4.69) is 11.2 Å². The van der Waals surface area contributed by atoms with Gasteiger partial charge in [-0.1, -0.05) is 6.92 Å². The normalized spacial score (nSPS) is 20.8. The smallest absolute Gasteiger partial charge is 0.141 e. The molecular weight excluding hydrogens is 156 g/mol. The number of hydrogen-bond acceptors (Lipinski definition) is 3. The lowest BCUT2D eigenvalue weighted by atomic mass is 10.3. The SMILES string of the molecule is CCC(C)OS(C)(=O)=S. The van der Waals surface area contributed by atoms with Gasteiger partial charge in [-0.3, -0.25) is 4.18 Å². The molecule has 9 heavy (non-hydrogen) atoms. The largest absolute Gasteiger partial charge is 0.287 e. The highest BCUT2D eigenvalue weighted by Crippen LogP contribution is 2.00. The summed E-state index contributed by atoms with van der Waals surface area (Å²) in [7, 11) is -2.40. The summed E-state index contributed by atoms with van der Waals surface area (Å²) in [6.07, 6.45) is 2.29. The van der Waals surface area contributed by atoms with Gasteiger partial charge < -0.3 is 0 Å². The van der Waals surface area contributed by atoms with E-state index in [1.807, 2.05) is 13.8 Å². The molecule has 4 heteroatoms. The van der Waals surface area contributed by atoms with Crippen molar-refractivity contribution in [2.75, 3.05) is 6.26 Å². The van der Waals surface area contributed by atoms with Gasteiger partial charge in [-0.15, -0.1) is 0 Å². The molecule has 2 unspecified atom stereocenters. The van der Waals surface area contributed by atoms with Gasteiger partial charge in [0.2, 0.25) is 0 Å². The van der Waals surface area contributed by atoms with Crippen molar-refractivity contribution in [3.8, 4) is 0 Å². The van der Waals surface area contributed by atoms with Crippen molar-refractivity contribution in [2.45, 2.75) is 26.4 Å². The molecule has 0 aliphatic heterocycles. The maximum absolute atomic E-state index is 10.7. The summed E-state index contributed by atoms with van der Waals surface area (Å²) in [6.45, 7) is 3.82. The molecule has 0 aliphatic rings. The van der Waals surface area contributed by atoms with Crippen LogP contribution in [0.2, 0.25) is 0 Å². The van der Waals surface area contributed by atoms with Crippen molar-refractivity contribution >= 4 is 20.0 Å². The molecule has 0 radical (unpaired) electrons. The Morgan fingerprint density at radius 3 is 2.33 bits per heavy atom. The van der Waals surface area contributed by atoms with Crippen LogP contribution < -0.4 is 0 Å². The second-order valence-corrected chi connectivity index (χ2v) is 5.44. The highest BCUT2D eigenvalue weighted by Gasteiger charge is 2.03. The molecule has 0 saturated carbocycles. The van der Waals surface area contributed by atoms with Crippen LogP contribution >= 0.6 is 0 Å². The molecule has 0 heterocycles. The maximum atomic E-state index is 10.7. The van der Waals surface area contributed by atoms with Gasteiger partial charge in [-0.05, 0) is 13.3 Å². The zero-order valence-electron chi connectivity index (χ0n) is 5.92. The van der Waals surface area contributed by atoms with E-state index >= 15 is 0 Å². The molecule has 0 aromatic heterocycles. The third-order valence-electron chi connectivity index (χ3n) is 0.914. The molecule has 0 N–H and O–H groups in total. The van der Waals surface area contributed by atoms with E-state index in [1.54, 1.807) is 0 Å². The van der Waals surface area contributed by atoms with Gasteiger partial charge >= 0.3 is 0 Å². The van der Waals surface area contributed by atoms with Crippen molar-refractivity contribution in [2.24, 2.45) is 0 Å². The van der Waals surface area contributed by atoms with Gasteiger partial charge in [0.05, 0.1) is 6.10 Å². The lowest BCUT2D eigenvalue weighted by Crippen LogP contribution is -2.11. The summed E-state index contributed by atoms with van der Waals surface area (Å²) in [5.41, 5.74) is 0. The van der Waals surface area contributed by atoms with Crippen LogP contribution in [-0.2, 0) is 24.1 Å². The van der Waals surface area contributed by atoms with Gasteiger partial charge in [0.1, 0.15) is 8.77 Å². The molecule has 0 amide bonds. The lowest BCUT2D eigenvalue weighted by molar-refractivity contribution is 0.243. The summed E-state index contributed by atoms with van der Waals surface area (Å²) in [5.74, 6) is 0. The monoisotopic (exact) mass is 168 g/mol. The van der Waals surface area contributed by atoms with Gasteiger partial charge in [0.15, 0.2) is 0 Å². The fourth-order valence-corrected chi connectivity index (χ4v) is 1.50. The van der Waals surface area contributed by atoms with E-state index < -0.39 is 8.77 Å². The van der Waals surface area contributed by atoms with E-state index in [1.165, 1.54) is 6.26 Å². The first-order chi connectivity index (χ1) is 3.95. The van der Waals surface area contributed by atoms with Gasteiger partial charge in [0.25, 0.3) is 0 Å². The van der Waals surface area contributed by atoms with Gasteiger partial charge in [-0.2, -0.15) is 0 Å². The molecule has 0 aromatic rings. The van der Waals surface area contributed by atoms with E-state index in [0.717, 1.165) is 6.42 Å². The first-order valence-electron chi connectivity index (χ1n) is 2.84. The van der Waals surface area contributed by atoms with Crippen molar-refractivity contribution in [1.29, 1.82) is 0 Å². The third-order valence-corrected chi connectivity index (χ3v) is 1.83. The maximum Gasteiger partial charge on any atom is 0.141 e. The quantitative estimate of drug-likeness (QED) is 0.631. The Labute approximate surface area is 61.5 Å². The van der Waals surface area contributed by atoms with Crippen LogP contribution in [-0.4, -0.2) is 16.6 Å². The highest BCUT2D eigenvalue weighted by atomic mass is 32.8. The predicted octanol–water partition coefficient (Wildman–Crippen LogP) is 1.09. The summed E-state index contributed by atoms with van der Waals surface area (Å²) >= 11 is 4.53. The fraction of sp³-hybridized carbons (Fsp3) is 1.00. The highest BCUT2D eigenvalue weighted by molar-refractivity contribution is 8.29. The summed E-state index contributed by atoms with van der Waals surface area (Å²) in [5, 5.41) is 0. The molecule has 0 spiro atoms. The van der Waals surface area contributed by atoms with E-state index in [9.17, 15) is 4.21 Å². The van der Waals surface area contributed by atoms with E-state index in [-0.39, 0.29) is 6.10 Å². The molecule has 0 bridgehead atoms. The molecule has 56 valence electrons. The summed E-state index contributed by atoms with van der Waals surface area (Å²) in [4.78, 5) is 0. The van der Waals surface area contributed by atoms with E-state index in [0.29, 0.717) is 0 Å². The van der Waals surface area contributed by atoms with Crippen molar-refractivity contribution in [1.82, 2.24) is 0 Å². The van der Waals surface area contributed by atoms with Crippen LogP contribution in [0.1, 0.15) is 20.3 Å². The minimum atomic E-state index is -2.40. The first kappa shape index (κ1) is 9.33. The third kappa shape index (κ3) is 6.21. The standard InChI is InChI=1S/C5H12O2S2/c1-4-5(2)7-9(3,6)8/h5H,4H2,1-3H3. The summed E-state index contributed by atoms with van der Waals surface area (Å²) in [6, 6.07) is 0. The van der Waals surface area contributed by atoms with Crippen LogP contribution in [0.15, 0.2) is 0 Å². The topological polar surface area (TPSA) is 26.3 Å². The molecular formula is C5H12O2S2. The minimum Gasteiger partial charge on any atom is -0.287 e. The molecule has 2 nitrogen and oxygen atoms in total. The van der Waals surface area contributed by atoms with Crippen LogP contribution in [0.5, 0.6) is 0 Å². The van der Waals surface area contributed by atoms with Gasteiger partial charge in [0, 0.05) is 17.4 Å². The Morgan fingerprint density at radius 2 is 2.22 bits per heavy atom. The molecule has 0 aromatic carbocycles. The number of hydrogen-bond donors (Lipinski definition) is 0. The Morgan fingerprint density at radius 1 is 1.78 bits per heavy atom. The fourth-order valence-electron chi connectivity index (χ4n) is 0.366. The minimum absolute atomic E-state index is 0.0139. The Hall–Kier alpha value is 0.330. The second kappa shape index (κ2) is 3.49. The number of rotatable bonds is 3. The average molecular weight is 168 g/mol. The zero-order valence-corrected chi connectivity index (χ0v) is 7.55. The molecule has 0 aliphatic carbocycles. The van der Waals surface area contributed by atoms with Crippen molar-refractivity contribution < 1.29 is 8.39 Å². The van der Waals surface area contributed by atoms with Crippen molar-refractivity contribution in [3.63, 3.8) is 0 Å². The van der Waals surface area contributed by atoms with Crippen LogP contribution in [0, 0.1) is 0 Å². The Bertz CT molecular complexity index is 160. The average Bonchev–Trinajstić information content (AvgIpc) is 1.62. The lowest BCUT2D eigenvalue weighted by Gasteiger charge is -2.08. The van der Waals surface area contributed by atoms with E-state index in [4.69, 9.17) is 4.18 Å². The predicted molar refractivity (Wildman–Crippen MR) is 42.3 cm³/mol. The Kier molecular flexibility index (Phi) is 3.61. The zero-order chi connectivity index (χ0) is 7.49. The summed E-state index contributed by atoms with van der Waals surface area (Å²) < 4.78 is 15.7. The Balaban J connectivity index is 3.75. The van der Waals surface area contributed by atoms with Crippen LogP contribution in [0.4, 0.5) is 0 Å². The molecule has 0 fully saturated rings. The van der Waals surface area contributed by atoms with Crippen LogP contribution in [0.25, 0.3) is 0 Å². The van der Waals surface area contributed by atoms with Crippen molar-refractivity contribution in [3.05, 3.63) is 0 Å². The molecule has 0 saturated heterocycles. The first-order valence-corrected chi connectivity index (χ1v) is 5.65. The second-order valence-electron chi connectivity index (χ2n) is 2.02. The van der Waals surface area contributed by atoms with Gasteiger partial charge in [-0.25, -0.2) is 4.21 Å². The molecule has 2 atom stereocenters. The van der Waals surface area contributed by atoms with Crippen LogP contribution in [0.3, 0.4) is 0 Å². The molecule has 0 rings (SSSR count).